The third-order valence-electron chi connectivity index (χ3n) is 3.02. The Kier molecular flexibility index (Phi) is 4.83. The molecular weight excluding hydrogens is 292 g/mol. The second-order valence-corrected chi connectivity index (χ2v) is 5.09. The molecule has 0 aliphatic rings. The zero-order valence-electron chi connectivity index (χ0n) is 11.4. The van der Waals surface area contributed by atoms with Gasteiger partial charge in [-0.1, -0.05) is 23.7 Å². The zero-order chi connectivity index (χ0) is 15.4. The van der Waals surface area contributed by atoms with Gasteiger partial charge in [-0.3, -0.25) is 0 Å². The highest BCUT2D eigenvalue weighted by molar-refractivity contribution is 6.30. The first-order chi connectivity index (χ1) is 9.97. The Morgan fingerprint density at radius 2 is 1.90 bits per heavy atom. The fraction of sp³-hybridized carbons (Fsp3) is 0.188. The number of ether oxygens (including phenoxy) is 1. The molecule has 0 fully saturated rings. The molecule has 0 heterocycles. The van der Waals surface area contributed by atoms with Crippen molar-refractivity contribution in [3.63, 3.8) is 0 Å². The minimum absolute atomic E-state index is 0.231. The van der Waals surface area contributed by atoms with Gasteiger partial charge in [0.25, 0.3) is 0 Å². The van der Waals surface area contributed by atoms with Crippen LogP contribution >= 0.6 is 11.6 Å². The van der Waals surface area contributed by atoms with Crippen molar-refractivity contribution in [2.75, 3.05) is 0 Å². The first-order valence-corrected chi connectivity index (χ1v) is 6.77. The normalized spacial score (nSPS) is 12.0. The Morgan fingerprint density at radius 1 is 1.24 bits per heavy atom. The third kappa shape index (κ3) is 3.97. The molecule has 0 spiro atoms. The summed E-state index contributed by atoms with van der Waals surface area (Å²) in [6.07, 6.45) is -0.687. The molecule has 21 heavy (non-hydrogen) atoms. The maximum Gasteiger partial charge on any atom is 0.335 e. The van der Waals surface area contributed by atoms with Crippen LogP contribution in [-0.4, -0.2) is 16.2 Å². The maximum absolute atomic E-state index is 10.8. The standard InChI is InChI=1S/C16H15ClO4/c1-10(18)14-8-13(17)6-7-15(14)21-9-11-2-4-12(5-3-11)16(19)20/h2-8,10,18H,9H2,1H3,(H,19,20)/t10-/m1/s1. The summed E-state index contributed by atoms with van der Waals surface area (Å²) in [5, 5.41) is 19.1. The largest absolute Gasteiger partial charge is 0.489 e. The number of hydrogen-bond acceptors (Lipinski definition) is 3. The molecule has 0 bridgehead atoms. The summed E-state index contributed by atoms with van der Waals surface area (Å²) >= 11 is 5.90. The molecule has 2 rings (SSSR count). The number of carboxylic acid groups (broad SMARTS) is 1. The van der Waals surface area contributed by atoms with E-state index in [-0.39, 0.29) is 12.2 Å². The fourth-order valence-corrected chi connectivity index (χ4v) is 2.06. The minimum atomic E-state index is -0.962. The number of rotatable bonds is 5. The molecule has 0 unspecified atom stereocenters. The van der Waals surface area contributed by atoms with Crippen LogP contribution in [0, 0.1) is 0 Å². The lowest BCUT2D eigenvalue weighted by Gasteiger charge is -2.14. The van der Waals surface area contributed by atoms with E-state index in [1.165, 1.54) is 12.1 Å². The van der Waals surface area contributed by atoms with Crippen LogP contribution in [0.25, 0.3) is 0 Å². The molecule has 0 saturated carbocycles. The Labute approximate surface area is 127 Å². The number of aliphatic hydroxyl groups is 1. The van der Waals surface area contributed by atoms with Crippen molar-refractivity contribution in [1.29, 1.82) is 0 Å². The van der Waals surface area contributed by atoms with Crippen molar-refractivity contribution in [3.8, 4) is 5.75 Å². The molecule has 0 amide bonds. The number of aromatic carboxylic acids is 1. The molecule has 1 atom stereocenters. The lowest BCUT2D eigenvalue weighted by molar-refractivity contribution is 0.0697. The second-order valence-electron chi connectivity index (χ2n) is 4.65. The Bertz CT molecular complexity index is 635. The van der Waals surface area contributed by atoms with Crippen LogP contribution in [0.2, 0.25) is 5.02 Å². The van der Waals surface area contributed by atoms with E-state index >= 15 is 0 Å². The number of carboxylic acids is 1. The summed E-state index contributed by atoms with van der Waals surface area (Å²) in [6, 6.07) is 11.5. The van der Waals surface area contributed by atoms with Crippen molar-refractivity contribution in [2.24, 2.45) is 0 Å². The maximum atomic E-state index is 10.8. The molecule has 110 valence electrons. The molecule has 0 aromatic heterocycles. The van der Waals surface area contributed by atoms with Crippen LogP contribution in [0.3, 0.4) is 0 Å². The fourth-order valence-electron chi connectivity index (χ4n) is 1.88. The molecule has 0 aliphatic carbocycles. The Morgan fingerprint density at radius 3 is 2.48 bits per heavy atom. The number of hydrogen-bond donors (Lipinski definition) is 2. The summed E-state index contributed by atoms with van der Waals surface area (Å²) in [5.41, 5.74) is 1.69. The van der Waals surface area contributed by atoms with Gasteiger partial charge in [-0.15, -0.1) is 0 Å². The Balaban J connectivity index is 2.11. The van der Waals surface area contributed by atoms with E-state index in [4.69, 9.17) is 21.4 Å². The monoisotopic (exact) mass is 306 g/mol. The molecule has 2 aromatic carbocycles. The summed E-state index contributed by atoms with van der Waals surface area (Å²) in [5.74, 6) is -0.409. The van der Waals surface area contributed by atoms with Crippen molar-refractivity contribution >= 4 is 17.6 Å². The van der Waals surface area contributed by atoms with Crippen molar-refractivity contribution in [3.05, 3.63) is 64.2 Å². The van der Waals surface area contributed by atoms with Gasteiger partial charge >= 0.3 is 5.97 Å². The van der Waals surface area contributed by atoms with Crippen LogP contribution in [0.1, 0.15) is 34.5 Å². The van der Waals surface area contributed by atoms with E-state index in [1.807, 2.05) is 0 Å². The lowest BCUT2D eigenvalue weighted by Crippen LogP contribution is -2.02. The molecule has 4 nitrogen and oxygen atoms in total. The van der Waals surface area contributed by atoms with Crippen molar-refractivity contribution in [2.45, 2.75) is 19.6 Å². The smallest absolute Gasteiger partial charge is 0.335 e. The van der Waals surface area contributed by atoms with Crippen molar-refractivity contribution < 1.29 is 19.7 Å². The first kappa shape index (κ1) is 15.4. The zero-order valence-corrected chi connectivity index (χ0v) is 12.2. The predicted molar refractivity (Wildman–Crippen MR) is 79.8 cm³/mol. The molecule has 5 heteroatoms. The van der Waals surface area contributed by atoms with Crippen LogP contribution in [-0.2, 0) is 6.61 Å². The SMILES string of the molecule is C[C@@H](O)c1cc(Cl)ccc1OCc1ccc(C(=O)O)cc1. The highest BCUT2D eigenvalue weighted by Gasteiger charge is 2.10. The molecule has 2 aromatic rings. The minimum Gasteiger partial charge on any atom is -0.489 e. The molecule has 0 aliphatic heterocycles. The van der Waals surface area contributed by atoms with Gasteiger partial charge in [0.2, 0.25) is 0 Å². The summed E-state index contributed by atoms with van der Waals surface area (Å²) in [4.78, 5) is 10.8. The van der Waals surface area contributed by atoms with E-state index in [1.54, 1.807) is 37.3 Å². The summed E-state index contributed by atoms with van der Waals surface area (Å²) in [7, 11) is 0. The molecule has 0 radical (unpaired) electrons. The lowest BCUT2D eigenvalue weighted by atomic mass is 10.1. The van der Waals surface area contributed by atoms with Gasteiger partial charge in [-0.2, -0.15) is 0 Å². The van der Waals surface area contributed by atoms with E-state index in [9.17, 15) is 9.90 Å². The van der Waals surface area contributed by atoms with Gasteiger partial charge < -0.3 is 14.9 Å². The van der Waals surface area contributed by atoms with Gasteiger partial charge in [0, 0.05) is 10.6 Å². The van der Waals surface area contributed by atoms with Crippen LogP contribution in [0.5, 0.6) is 5.75 Å². The number of carbonyl (C=O) groups is 1. The van der Waals surface area contributed by atoms with Gasteiger partial charge in [0.05, 0.1) is 11.7 Å². The van der Waals surface area contributed by atoms with Crippen molar-refractivity contribution in [1.82, 2.24) is 0 Å². The average molecular weight is 307 g/mol. The molecular formula is C16H15ClO4. The Hall–Kier alpha value is -2.04. The number of aliphatic hydroxyl groups excluding tert-OH is 1. The summed E-state index contributed by atoms with van der Waals surface area (Å²) in [6.45, 7) is 1.92. The average Bonchev–Trinajstić information content (AvgIpc) is 2.46. The summed E-state index contributed by atoms with van der Waals surface area (Å²) < 4.78 is 5.67. The van der Waals surface area contributed by atoms with Gasteiger partial charge in [0.15, 0.2) is 0 Å². The van der Waals surface area contributed by atoms with Crippen LogP contribution in [0.4, 0.5) is 0 Å². The van der Waals surface area contributed by atoms with Gasteiger partial charge in [0.1, 0.15) is 12.4 Å². The topological polar surface area (TPSA) is 66.8 Å². The quantitative estimate of drug-likeness (QED) is 0.884. The van der Waals surface area contributed by atoms with E-state index in [0.29, 0.717) is 16.3 Å². The van der Waals surface area contributed by atoms with Crippen LogP contribution < -0.4 is 4.74 Å². The third-order valence-corrected chi connectivity index (χ3v) is 3.25. The highest BCUT2D eigenvalue weighted by Crippen LogP contribution is 2.28. The number of benzene rings is 2. The van der Waals surface area contributed by atoms with E-state index < -0.39 is 12.1 Å². The van der Waals surface area contributed by atoms with Gasteiger partial charge in [-0.05, 0) is 42.8 Å². The van der Waals surface area contributed by atoms with E-state index in [2.05, 4.69) is 0 Å². The second kappa shape index (κ2) is 6.61. The van der Waals surface area contributed by atoms with Gasteiger partial charge in [-0.25, -0.2) is 4.79 Å². The molecule has 2 N–H and O–H groups in total. The number of halogens is 1. The predicted octanol–water partition coefficient (Wildman–Crippen LogP) is 3.67. The highest BCUT2D eigenvalue weighted by atomic mass is 35.5. The van der Waals surface area contributed by atoms with E-state index in [0.717, 1.165) is 5.56 Å². The first-order valence-electron chi connectivity index (χ1n) is 6.40. The molecule has 0 saturated heterocycles. The van der Waals surface area contributed by atoms with Crippen LogP contribution in [0.15, 0.2) is 42.5 Å².